The lowest BCUT2D eigenvalue weighted by Gasteiger charge is -2.14. The van der Waals surface area contributed by atoms with Gasteiger partial charge in [0, 0.05) is 29.2 Å². The molecule has 5 nitrogen and oxygen atoms in total. The number of fused-ring (bicyclic) bond motifs is 3. The van der Waals surface area contributed by atoms with Crippen molar-refractivity contribution >= 4 is 27.6 Å². The number of hydrogen-bond acceptors (Lipinski definition) is 2. The Morgan fingerprint density at radius 3 is 2.65 bits per heavy atom. The fourth-order valence-electron chi connectivity index (χ4n) is 3.77. The third kappa shape index (κ3) is 2.56. The number of benzene rings is 2. The predicted octanol–water partition coefficient (Wildman–Crippen LogP) is 4.16. The summed E-state index contributed by atoms with van der Waals surface area (Å²) >= 11 is 0. The van der Waals surface area contributed by atoms with E-state index in [-0.39, 0.29) is 11.9 Å². The summed E-state index contributed by atoms with van der Waals surface area (Å²) in [5.41, 5.74) is 4.62. The SMILES string of the molecule is Cc1nn(C)c(C)c1[C@@H](C)NC(=O)c1cc2c(ccc3ccccc32)[nH]1. The van der Waals surface area contributed by atoms with Gasteiger partial charge in [0.2, 0.25) is 0 Å². The Labute approximate surface area is 152 Å². The van der Waals surface area contributed by atoms with Gasteiger partial charge in [0.05, 0.1) is 11.7 Å². The van der Waals surface area contributed by atoms with Crippen LogP contribution >= 0.6 is 0 Å². The van der Waals surface area contributed by atoms with Gasteiger partial charge in [-0.2, -0.15) is 5.10 Å². The Kier molecular flexibility index (Phi) is 3.80. The summed E-state index contributed by atoms with van der Waals surface area (Å²) in [6.45, 7) is 5.99. The van der Waals surface area contributed by atoms with Gasteiger partial charge < -0.3 is 10.3 Å². The quantitative estimate of drug-likeness (QED) is 0.585. The maximum Gasteiger partial charge on any atom is 0.268 e. The van der Waals surface area contributed by atoms with Crippen LogP contribution in [-0.2, 0) is 7.05 Å². The Morgan fingerprint density at radius 1 is 1.15 bits per heavy atom. The molecule has 0 saturated carbocycles. The standard InChI is InChI=1S/C21H22N4O/c1-12(20-13(2)24-25(4)14(20)3)22-21(26)19-11-17-16-8-6-5-7-15(16)9-10-18(17)23-19/h5-12,23H,1-4H3,(H,22,26)/t12-/m1/s1. The maximum atomic E-state index is 12.8. The minimum absolute atomic E-state index is 0.111. The predicted molar refractivity (Wildman–Crippen MR) is 104 cm³/mol. The zero-order chi connectivity index (χ0) is 18.4. The summed E-state index contributed by atoms with van der Waals surface area (Å²) in [7, 11) is 1.92. The molecular weight excluding hydrogens is 324 g/mol. The van der Waals surface area contributed by atoms with Crippen molar-refractivity contribution in [3.8, 4) is 0 Å². The normalized spacial score (nSPS) is 12.6. The molecule has 132 valence electrons. The molecule has 0 aliphatic heterocycles. The number of nitrogens with one attached hydrogen (secondary N) is 2. The largest absolute Gasteiger partial charge is 0.351 e. The number of nitrogens with zero attached hydrogens (tertiary/aromatic N) is 2. The highest BCUT2D eigenvalue weighted by molar-refractivity contribution is 6.09. The van der Waals surface area contributed by atoms with Crippen LogP contribution in [0.5, 0.6) is 0 Å². The molecule has 2 heterocycles. The number of rotatable bonds is 3. The van der Waals surface area contributed by atoms with Crippen molar-refractivity contribution in [1.29, 1.82) is 0 Å². The fourth-order valence-corrected chi connectivity index (χ4v) is 3.77. The van der Waals surface area contributed by atoms with Crippen molar-refractivity contribution in [3.63, 3.8) is 0 Å². The van der Waals surface area contributed by atoms with E-state index in [2.05, 4.69) is 33.6 Å². The second-order valence-corrected chi connectivity index (χ2v) is 6.83. The van der Waals surface area contributed by atoms with Crippen LogP contribution in [0.15, 0.2) is 42.5 Å². The monoisotopic (exact) mass is 346 g/mol. The highest BCUT2D eigenvalue weighted by Crippen LogP contribution is 2.26. The molecule has 4 aromatic rings. The molecule has 4 rings (SSSR count). The van der Waals surface area contributed by atoms with Crippen LogP contribution in [0.4, 0.5) is 0 Å². The molecule has 1 atom stereocenters. The Hall–Kier alpha value is -3.08. The van der Waals surface area contributed by atoms with Gasteiger partial charge in [-0.05, 0) is 43.7 Å². The van der Waals surface area contributed by atoms with Gasteiger partial charge in [0.1, 0.15) is 5.69 Å². The zero-order valence-corrected chi connectivity index (χ0v) is 15.4. The Morgan fingerprint density at radius 2 is 1.92 bits per heavy atom. The van der Waals surface area contributed by atoms with Crippen LogP contribution in [-0.4, -0.2) is 20.7 Å². The molecule has 0 radical (unpaired) electrons. The average molecular weight is 346 g/mol. The molecule has 2 aromatic heterocycles. The van der Waals surface area contributed by atoms with Gasteiger partial charge in [-0.3, -0.25) is 9.48 Å². The van der Waals surface area contributed by atoms with Crippen LogP contribution in [0.25, 0.3) is 21.7 Å². The van der Waals surface area contributed by atoms with Crippen molar-refractivity contribution in [1.82, 2.24) is 20.1 Å². The van der Waals surface area contributed by atoms with E-state index in [1.807, 2.05) is 56.8 Å². The van der Waals surface area contributed by atoms with E-state index in [1.54, 1.807) is 0 Å². The Bertz CT molecular complexity index is 1140. The zero-order valence-electron chi connectivity index (χ0n) is 15.4. The number of hydrogen-bond donors (Lipinski definition) is 2. The summed E-state index contributed by atoms with van der Waals surface area (Å²) in [5.74, 6) is -0.111. The third-order valence-corrected chi connectivity index (χ3v) is 5.12. The number of aryl methyl sites for hydroxylation is 2. The lowest BCUT2D eigenvalue weighted by Crippen LogP contribution is -2.27. The van der Waals surface area contributed by atoms with Gasteiger partial charge in [-0.15, -0.1) is 0 Å². The van der Waals surface area contributed by atoms with Crippen molar-refractivity contribution < 1.29 is 4.79 Å². The Balaban J connectivity index is 1.67. The summed E-state index contributed by atoms with van der Waals surface area (Å²) in [5, 5.41) is 10.9. The first-order valence-corrected chi connectivity index (χ1v) is 8.77. The topological polar surface area (TPSA) is 62.7 Å². The summed E-state index contributed by atoms with van der Waals surface area (Å²) in [6.07, 6.45) is 0. The van der Waals surface area contributed by atoms with Gasteiger partial charge >= 0.3 is 0 Å². The average Bonchev–Trinajstić information content (AvgIpc) is 3.16. The van der Waals surface area contributed by atoms with Crippen molar-refractivity contribution in [2.24, 2.45) is 7.05 Å². The molecule has 2 aromatic carbocycles. The molecule has 2 N–H and O–H groups in total. The first kappa shape index (κ1) is 16.4. The number of aromatic amines is 1. The molecule has 5 heteroatoms. The molecule has 0 aliphatic carbocycles. The fraction of sp³-hybridized carbons (Fsp3) is 0.238. The third-order valence-electron chi connectivity index (χ3n) is 5.12. The first-order valence-electron chi connectivity index (χ1n) is 8.77. The second kappa shape index (κ2) is 6.02. The van der Waals surface area contributed by atoms with E-state index in [1.165, 1.54) is 5.39 Å². The maximum absolute atomic E-state index is 12.8. The molecule has 0 unspecified atom stereocenters. The molecular formula is C21H22N4O. The highest BCUT2D eigenvalue weighted by atomic mass is 16.1. The van der Waals surface area contributed by atoms with Crippen molar-refractivity contribution in [3.05, 3.63) is 65.1 Å². The second-order valence-electron chi connectivity index (χ2n) is 6.83. The smallest absolute Gasteiger partial charge is 0.268 e. The van der Waals surface area contributed by atoms with Gasteiger partial charge in [-0.1, -0.05) is 30.3 Å². The number of carbonyl (C=O) groups excluding carboxylic acids is 1. The number of amides is 1. The molecule has 1 amide bonds. The van der Waals surface area contributed by atoms with E-state index in [0.29, 0.717) is 5.69 Å². The number of carbonyl (C=O) groups is 1. The first-order chi connectivity index (χ1) is 12.5. The summed E-state index contributed by atoms with van der Waals surface area (Å²) < 4.78 is 1.85. The van der Waals surface area contributed by atoms with Crippen LogP contribution in [0.2, 0.25) is 0 Å². The minimum atomic E-state index is -0.112. The van der Waals surface area contributed by atoms with Crippen LogP contribution in [0.1, 0.15) is 40.4 Å². The van der Waals surface area contributed by atoms with Gasteiger partial charge in [-0.25, -0.2) is 0 Å². The molecule has 0 saturated heterocycles. The van der Waals surface area contributed by atoms with Crippen molar-refractivity contribution in [2.75, 3.05) is 0 Å². The molecule has 0 fully saturated rings. The van der Waals surface area contributed by atoms with Gasteiger partial charge in [0.25, 0.3) is 5.91 Å². The van der Waals surface area contributed by atoms with Crippen LogP contribution < -0.4 is 5.32 Å². The minimum Gasteiger partial charge on any atom is -0.351 e. The van der Waals surface area contributed by atoms with E-state index in [4.69, 9.17) is 0 Å². The number of aromatic nitrogens is 3. The highest BCUT2D eigenvalue weighted by Gasteiger charge is 2.20. The van der Waals surface area contributed by atoms with Crippen molar-refractivity contribution in [2.45, 2.75) is 26.8 Å². The van der Waals surface area contributed by atoms with Gasteiger partial charge in [0.15, 0.2) is 0 Å². The van der Waals surface area contributed by atoms with E-state index >= 15 is 0 Å². The summed E-state index contributed by atoms with van der Waals surface area (Å²) in [6, 6.07) is 14.1. The molecule has 0 bridgehead atoms. The van der Waals surface area contributed by atoms with E-state index < -0.39 is 0 Å². The lowest BCUT2D eigenvalue weighted by molar-refractivity contribution is 0.0935. The van der Waals surface area contributed by atoms with E-state index in [9.17, 15) is 4.79 Å². The summed E-state index contributed by atoms with van der Waals surface area (Å²) in [4.78, 5) is 16.0. The molecule has 26 heavy (non-hydrogen) atoms. The van der Waals surface area contributed by atoms with Crippen LogP contribution in [0.3, 0.4) is 0 Å². The lowest BCUT2D eigenvalue weighted by atomic mass is 10.1. The van der Waals surface area contributed by atoms with E-state index in [0.717, 1.165) is 33.2 Å². The van der Waals surface area contributed by atoms with Crippen LogP contribution in [0, 0.1) is 13.8 Å². The molecule has 0 spiro atoms. The molecule has 0 aliphatic rings. The number of H-pyrrole nitrogens is 1.